The third-order valence-electron chi connectivity index (χ3n) is 6.10. The number of aryl methyl sites for hydroxylation is 2. The van der Waals surface area contributed by atoms with Crippen LogP contribution in [0.2, 0.25) is 0 Å². The number of imide groups is 1. The van der Waals surface area contributed by atoms with E-state index >= 15 is 0 Å². The van der Waals surface area contributed by atoms with Gasteiger partial charge in [0.05, 0.1) is 22.0 Å². The average molecular weight is 562 g/mol. The van der Waals surface area contributed by atoms with Gasteiger partial charge in [-0.2, -0.15) is 0 Å². The van der Waals surface area contributed by atoms with Crippen LogP contribution in [0.25, 0.3) is 6.08 Å². The molecule has 0 bridgehead atoms. The normalized spacial score (nSPS) is 14.0. The first-order chi connectivity index (χ1) is 19.2. The quantitative estimate of drug-likeness (QED) is 0.185. The predicted molar refractivity (Wildman–Crippen MR) is 152 cm³/mol. The Morgan fingerprint density at radius 3 is 2.52 bits per heavy atom. The molecule has 0 radical (unpaired) electrons. The van der Waals surface area contributed by atoms with Crippen molar-refractivity contribution in [2.24, 2.45) is 0 Å². The molecule has 0 atom stereocenters. The number of carbonyl (C=O) groups is 3. The Morgan fingerprint density at radius 2 is 1.80 bits per heavy atom. The number of nitrogens with one attached hydrogen (secondary N) is 1. The molecule has 3 amide bonds. The van der Waals surface area contributed by atoms with E-state index in [1.54, 1.807) is 55.5 Å². The van der Waals surface area contributed by atoms with Crippen molar-refractivity contribution in [2.45, 2.75) is 27.4 Å². The molecule has 3 aromatic carbocycles. The number of nitrogens with zero attached hydrogens (tertiary/aromatic N) is 2. The lowest BCUT2D eigenvalue weighted by Gasteiger charge is -2.13. The van der Waals surface area contributed by atoms with Crippen molar-refractivity contribution in [3.63, 3.8) is 0 Å². The van der Waals surface area contributed by atoms with Gasteiger partial charge in [0.2, 0.25) is 5.91 Å². The summed E-state index contributed by atoms with van der Waals surface area (Å²) < 4.78 is 11.5. The van der Waals surface area contributed by atoms with Gasteiger partial charge in [0, 0.05) is 11.8 Å². The highest BCUT2D eigenvalue weighted by molar-refractivity contribution is 8.18. The Balaban J connectivity index is 1.46. The van der Waals surface area contributed by atoms with Gasteiger partial charge in [0.1, 0.15) is 13.2 Å². The Hall–Kier alpha value is -4.64. The first-order valence-electron chi connectivity index (χ1n) is 12.4. The highest BCUT2D eigenvalue weighted by Crippen LogP contribution is 2.35. The number of hydrogen-bond acceptors (Lipinski definition) is 8. The fourth-order valence-corrected chi connectivity index (χ4v) is 4.76. The fraction of sp³-hybridized carbons (Fsp3) is 0.207. The number of nitro benzene ring substituents is 1. The Labute approximate surface area is 235 Å². The Morgan fingerprint density at radius 1 is 1.02 bits per heavy atom. The number of amides is 3. The van der Waals surface area contributed by atoms with Crippen molar-refractivity contribution in [3.05, 3.63) is 97.9 Å². The summed E-state index contributed by atoms with van der Waals surface area (Å²) >= 11 is 0.747. The molecule has 10 nitrogen and oxygen atoms in total. The summed E-state index contributed by atoms with van der Waals surface area (Å²) in [5.74, 6) is -0.305. The minimum absolute atomic E-state index is 0.0420. The largest absolute Gasteiger partial charge is 0.490 e. The zero-order valence-electron chi connectivity index (χ0n) is 22.1. The maximum absolute atomic E-state index is 13.0. The second kappa shape index (κ2) is 12.5. The molecule has 0 aliphatic carbocycles. The van der Waals surface area contributed by atoms with Crippen molar-refractivity contribution in [2.75, 3.05) is 18.5 Å². The standard InChI is InChI=1S/C29H27N3O7S/c1-4-38-25-14-20(10-12-24(25)39-17-21-7-5-6-8-23(21)32(36)37)15-26-28(34)31(29(35)40-26)16-27(33)30-22-11-9-18(2)19(3)13-22/h5-15H,4,16-17H2,1-3H3,(H,30,33)/b26-15+. The van der Waals surface area contributed by atoms with Gasteiger partial charge in [-0.15, -0.1) is 0 Å². The van der Waals surface area contributed by atoms with Gasteiger partial charge in [-0.05, 0) is 85.6 Å². The smallest absolute Gasteiger partial charge is 0.294 e. The lowest BCUT2D eigenvalue weighted by molar-refractivity contribution is -0.385. The molecular formula is C29H27N3O7S. The number of rotatable bonds is 10. The van der Waals surface area contributed by atoms with E-state index in [1.807, 2.05) is 26.0 Å². The monoisotopic (exact) mass is 561 g/mol. The van der Waals surface area contributed by atoms with E-state index in [9.17, 15) is 24.5 Å². The van der Waals surface area contributed by atoms with Crippen molar-refractivity contribution < 1.29 is 28.8 Å². The second-order valence-electron chi connectivity index (χ2n) is 8.93. The number of thioether (sulfide) groups is 1. The van der Waals surface area contributed by atoms with Gasteiger partial charge in [0.25, 0.3) is 16.8 Å². The van der Waals surface area contributed by atoms with Crippen LogP contribution in [0.1, 0.15) is 29.2 Å². The lowest BCUT2D eigenvalue weighted by Crippen LogP contribution is -2.36. The number of carbonyl (C=O) groups excluding carboxylic acids is 3. The molecule has 1 aliphatic rings. The van der Waals surface area contributed by atoms with Crippen LogP contribution in [0.15, 0.2) is 65.6 Å². The van der Waals surface area contributed by atoms with Crippen LogP contribution in [0.4, 0.5) is 16.2 Å². The van der Waals surface area contributed by atoms with E-state index < -0.39 is 28.5 Å². The zero-order valence-corrected chi connectivity index (χ0v) is 22.9. The summed E-state index contributed by atoms with van der Waals surface area (Å²) in [6, 6.07) is 16.7. The van der Waals surface area contributed by atoms with E-state index in [-0.39, 0.29) is 17.2 Å². The van der Waals surface area contributed by atoms with Crippen LogP contribution in [0.3, 0.4) is 0 Å². The third kappa shape index (κ3) is 6.67. The first kappa shape index (κ1) is 28.4. The molecule has 0 spiro atoms. The number of ether oxygens (including phenoxy) is 2. The molecule has 1 heterocycles. The number of benzene rings is 3. The number of anilines is 1. The molecule has 0 unspecified atom stereocenters. The highest BCUT2D eigenvalue weighted by atomic mass is 32.2. The highest BCUT2D eigenvalue weighted by Gasteiger charge is 2.36. The number of para-hydroxylation sites is 1. The summed E-state index contributed by atoms with van der Waals surface area (Å²) in [6.07, 6.45) is 1.54. The topological polar surface area (TPSA) is 128 Å². The summed E-state index contributed by atoms with van der Waals surface area (Å²) in [5, 5.41) is 13.5. The zero-order chi connectivity index (χ0) is 28.8. The molecule has 206 valence electrons. The van der Waals surface area contributed by atoms with E-state index in [0.29, 0.717) is 34.9 Å². The van der Waals surface area contributed by atoms with Crippen molar-refractivity contribution in [3.8, 4) is 11.5 Å². The molecule has 40 heavy (non-hydrogen) atoms. The molecule has 0 saturated carbocycles. The maximum Gasteiger partial charge on any atom is 0.294 e. The summed E-state index contributed by atoms with van der Waals surface area (Å²) in [6.45, 7) is 5.57. The molecule has 1 aliphatic heterocycles. The van der Waals surface area contributed by atoms with Crippen LogP contribution in [-0.2, 0) is 16.2 Å². The molecule has 1 saturated heterocycles. The van der Waals surface area contributed by atoms with E-state index in [2.05, 4.69) is 5.32 Å². The summed E-state index contributed by atoms with van der Waals surface area (Å²) in [5.41, 5.74) is 3.62. The van der Waals surface area contributed by atoms with Crippen molar-refractivity contribution in [1.29, 1.82) is 0 Å². The molecule has 0 aromatic heterocycles. The summed E-state index contributed by atoms with van der Waals surface area (Å²) in [7, 11) is 0. The minimum Gasteiger partial charge on any atom is -0.490 e. The van der Waals surface area contributed by atoms with Gasteiger partial charge in [-0.3, -0.25) is 29.4 Å². The maximum atomic E-state index is 13.0. The van der Waals surface area contributed by atoms with Gasteiger partial charge in [-0.25, -0.2) is 0 Å². The molecule has 4 rings (SSSR count). The van der Waals surface area contributed by atoms with Gasteiger partial charge in [0.15, 0.2) is 11.5 Å². The molecular weight excluding hydrogens is 534 g/mol. The Kier molecular flexibility index (Phi) is 8.85. The van der Waals surface area contributed by atoms with Crippen LogP contribution in [0, 0.1) is 24.0 Å². The SMILES string of the molecule is CCOc1cc(/C=C2/SC(=O)N(CC(=O)Nc3ccc(C)c(C)c3)C2=O)ccc1OCc1ccccc1[N+](=O)[O-]. The van der Waals surface area contributed by atoms with Gasteiger partial charge in [-0.1, -0.05) is 24.3 Å². The van der Waals surface area contributed by atoms with E-state index in [0.717, 1.165) is 27.8 Å². The van der Waals surface area contributed by atoms with Crippen LogP contribution in [-0.4, -0.2) is 40.0 Å². The van der Waals surface area contributed by atoms with Gasteiger partial charge < -0.3 is 14.8 Å². The molecule has 3 aromatic rings. The van der Waals surface area contributed by atoms with Crippen molar-refractivity contribution >= 4 is 46.3 Å². The fourth-order valence-electron chi connectivity index (χ4n) is 3.92. The lowest BCUT2D eigenvalue weighted by atomic mass is 10.1. The molecule has 11 heteroatoms. The van der Waals surface area contributed by atoms with Gasteiger partial charge >= 0.3 is 0 Å². The van der Waals surface area contributed by atoms with Crippen molar-refractivity contribution in [1.82, 2.24) is 4.90 Å². The number of nitro groups is 1. The second-order valence-corrected chi connectivity index (χ2v) is 9.92. The third-order valence-corrected chi connectivity index (χ3v) is 7.01. The van der Waals surface area contributed by atoms with E-state index in [1.165, 1.54) is 6.07 Å². The van der Waals surface area contributed by atoms with Crippen LogP contribution < -0.4 is 14.8 Å². The predicted octanol–water partition coefficient (Wildman–Crippen LogP) is 5.86. The summed E-state index contributed by atoms with van der Waals surface area (Å²) in [4.78, 5) is 49.9. The molecule has 1 fully saturated rings. The molecule has 1 N–H and O–H groups in total. The van der Waals surface area contributed by atoms with E-state index in [4.69, 9.17) is 9.47 Å². The average Bonchev–Trinajstić information content (AvgIpc) is 3.17. The van der Waals surface area contributed by atoms with Crippen LogP contribution >= 0.6 is 11.8 Å². The first-order valence-corrected chi connectivity index (χ1v) is 13.2. The minimum atomic E-state index is -0.570. The number of hydrogen-bond donors (Lipinski definition) is 1. The Bertz CT molecular complexity index is 1520. The van der Waals surface area contributed by atoms with Crippen LogP contribution in [0.5, 0.6) is 11.5 Å².